The zero-order valence-corrected chi connectivity index (χ0v) is 17.8. The molecule has 0 saturated heterocycles. The maximum atomic E-state index is 5.89. The normalized spacial score (nSPS) is 16.1. The molecule has 1 aliphatic carbocycles. The molecule has 0 spiro atoms. The van der Waals surface area contributed by atoms with Crippen LogP contribution in [0.5, 0.6) is 5.75 Å². The zero-order chi connectivity index (χ0) is 19.8. The molecule has 6 nitrogen and oxygen atoms in total. The summed E-state index contributed by atoms with van der Waals surface area (Å²) in [6, 6.07) is 7.87. The van der Waals surface area contributed by atoms with E-state index in [9.17, 15) is 0 Å². The Morgan fingerprint density at radius 3 is 2.90 bits per heavy atom. The Morgan fingerprint density at radius 1 is 1.21 bits per heavy atom. The number of aromatic nitrogens is 4. The van der Waals surface area contributed by atoms with Gasteiger partial charge in [-0.15, -0.1) is 21.5 Å². The van der Waals surface area contributed by atoms with E-state index >= 15 is 0 Å². The molecule has 148 valence electrons. The van der Waals surface area contributed by atoms with Gasteiger partial charge in [-0.2, -0.15) is 0 Å². The molecule has 3 aromatic heterocycles. The molecular weight excluding hydrogens is 404 g/mol. The lowest BCUT2D eigenvalue weighted by molar-refractivity contribution is 0.413. The first-order valence-electron chi connectivity index (χ1n) is 9.58. The molecule has 3 heterocycles. The van der Waals surface area contributed by atoms with Gasteiger partial charge in [-0.25, -0.2) is 9.97 Å². The van der Waals surface area contributed by atoms with Gasteiger partial charge in [0.05, 0.1) is 13.5 Å². The van der Waals surface area contributed by atoms with Gasteiger partial charge < -0.3 is 9.15 Å². The second-order valence-electron chi connectivity index (χ2n) is 7.30. The standard InChI is InChI=1S/C21H20N4O2S2/c1-12-3-8-15-16(9-12)28-19-18(15)20(23-11-22-19)29-21-25-24-17(27-21)10-13-4-6-14(26-2)7-5-13/h4-7,11-12H,3,8-10H2,1-2H3. The van der Waals surface area contributed by atoms with Crippen LogP contribution in [-0.4, -0.2) is 27.3 Å². The Balaban J connectivity index is 1.39. The van der Waals surface area contributed by atoms with Gasteiger partial charge in [-0.3, -0.25) is 0 Å². The predicted octanol–water partition coefficient (Wildman–Crippen LogP) is 4.95. The highest BCUT2D eigenvalue weighted by atomic mass is 32.2. The summed E-state index contributed by atoms with van der Waals surface area (Å²) in [6.07, 6.45) is 5.65. The first kappa shape index (κ1) is 18.6. The van der Waals surface area contributed by atoms with Gasteiger partial charge in [0.1, 0.15) is 21.9 Å². The summed E-state index contributed by atoms with van der Waals surface area (Å²) in [5, 5.41) is 11.0. The van der Waals surface area contributed by atoms with Crippen LogP contribution in [-0.2, 0) is 19.3 Å². The Labute approximate surface area is 176 Å². The summed E-state index contributed by atoms with van der Waals surface area (Å²) in [7, 11) is 1.66. The molecule has 0 fully saturated rings. The van der Waals surface area contributed by atoms with Crippen molar-refractivity contribution in [3.63, 3.8) is 0 Å². The van der Waals surface area contributed by atoms with Gasteiger partial charge in [0.25, 0.3) is 5.22 Å². The minimum absolute atomic E-state index is 0.512. The van der Waals surface area contributed by atoms with Gasteiger partial charge in [0, 0.05) is 10.3 Å². The molecule has 0 saturated carbocycles. The number of fused-ring (bicyclic) bond motifs is 3. The smallest absolute Gasteiger partial charge is 0.282 e. The fraction of sp³-hybridized carbons (Fsp3) is 0.333. The highest BCUT2D eigenvalue weighted by Gasteiger charge is 2.24. The molecule has 8 heteroatoms. The van der Waals surface area contributed by atoms with E-state index in [-0.39, 0.29) is 0 Å². The van der Waals surface area contributed by atoms with E-state index in [0.29, 0.717) is 17.5 Å². The third-order valence-electron chi connectivity index (χ3n) is 5.20. The number of hydrogen-bond donors (Lipinski definition) is 0. The van der Waals surface area contributed by atoms with Crippen molar-refractivity contribution in [2.45, 2.75) is 42.9 Å². The highest BCUT2D eigenvalue weighted by Crippen LogP contribution is 2.41. The fourth-order valence-corrected chi connectivity index (χ4v) is 5.90. The minimum atomic E-state index is 0.512. The van der Waals surface area contributed by atoms with Crippen LogP contribution in [0.1, 0.15) is 35.2 Å². The minimum Gasteiger partial charge on any atom is -0.497 e. The maximum absolute atomic E-state index is 5.89. The van der Waals surface area contributed by atoms with Gasteiger partial charge >= 0.3 is 0 Å². The van der Waals surface area contributed by atoms with Crippen molar-refractivity contribution in [1.82, 2.24) is 20.2 Å². The van der Waals surface area contributed by atoms with Crippen LogP contribution < -0.4 is 4.74 Å². The second kappa shape index (κ2) is 7.76. The lowest BCUT2D eigenvalue weighted by atomic mass is 9.89. The van der Waals surface area contributed by atoms with Gasteiger partial charge in [0.2, 0.25) is 5.89 Å². The zero-order valence-electron chi connectivity index (χ0n) is 16.2. The van der Waals surface area contributed by atoms with Crippen molar-refractivity contribution in [3.05, 3.63) is 52.5 Å². The summed E-state index contributed by atoms with van der Waals surface area (Å²) in [6.45, 7) is 2.32. The Bertz CT molecular complexity index is 1150. The third-order valence-corrected chi connectivity index (χ3v) is 7.21. The van der Waals surface area contributed by atoms with E-state index in [4.69, 9.17) is 9.15 Å². The topological polar surface area (TPSA) is 73.9 Å². The maximum Gasteiger partial charge on any atom is 0.282 e. The molecule has 0 radical (unpaired) electrons. The quantitative estimate of drug-likeness (QED) is 0.420. The van der Waals surface area contributed by atoms with Crippen LogP contribution in [0.2, 0.25) is 0 Å². The Kier molecular flexibility index (Phi) is 4.97. The Hall–Kier alpha value is -2.45. The van der Waals surface area contributed by atoms with Crippen LogP contribution in [0.25, 0.3) is 10.2 Å². The van der Waals surface area contributed by atoms with Crippen molar-refractivity contribution in [2.75, 3.05) is 7.11 Å². The SMILES string of the molecule is COc1ccc(Cc2nnc(Sc3ncnc4sc5c(c34)CCC(C)C5)o2)cc1. The molecular formula is C21H20N4O2S2. The number of nitrogens with zero attached hydrogens (tertiary/aromatic N) is 4. The van der Waals surface area contributed by atoms with Crippen LogP contribution >= 0.6 is 23.1 Å². The lowest BCUT2D eigenvalue weighted by Crippen LogP contribution is -2.08. The molecule has 0 aliphatic heterocycles. The number of aryl methyl sites for hydroxylation is 1. The van der Waals surface area contributed by atoms with E-state index < -0.39 is 0 Å². The Morgan fingerprint density at radius 2 is 2.07 bits per heavy atom. The summed E-state index contributed by atoms with van der Waals surface area (Å²) in [5.41, 5.74) is 2.50. The van der Waals surface area contributed by atoms with Crippen LogP contribution in [0.15, 0.2) is 45.3 Å². The van der Waals surface area contributed by atoms with E-state index in [1.165, 1.54) is 34.0 Å². The number of ether oxygens (including phenoxy) is 1. The first-order chi connectivity index (χ1) is 14.2. The second-order valence-corrected chi connectivity index (χ2v) is 9.32. The van der Waals surface area contributed by atoms with E-state index in [2.05, 4.69) is 27.1 Å². The van der Waals surface area contributed by atoms with Crippen LogP contribution in [0.3, 0.4) is 0 Å². The molecule has 1 aromatic carbocycles. The van der Waals surface area contributed by atoms with Crippen molar-refractivity contribution in [2.24, 2.45) is 5.92 Å². The average Bonchev–Trinajstić information content (AvgIpc) is 3.32. The summed E-state index contributed by atoms with van der Waals surface area (Å²) >= 11 is 3.22. The summed E-state index contributed by atoms with van der Waals surface area (Å²) < 4.78 is 11.1. The average molecular weight is 425 g/mol. The molecule has 4 aromatic rings. The van der Waals surface area contributed by atoms with Crippen molar-refractivity contribution < 1.29 is 9.15 Å². The number of hydrogen-bond acceptors (Lipinski definition) is 8. The van der Waals surface area contributed by atoms with E-state index in [1.807, 2.05) is 24.3 Å². The van der Waals surface area contributed by atoms with E-state index in [1.54, 1.807) is 24.8 Å². The predicted molar refractivity (Wildman–Crippen MR) is 113 cm³/mol. The molecule has 5 rings (SSSR count). The number of benzene rings is 1. The van der Waals surface area contributed by atoms with Gasteiger partial charge in [0.15, 0.2) is 0 Å². The summed E-state index contributed by atoms with van der Waals surface area (Å²) in [4.78, 5) is 11.5. The van der Waals surface area contributed by atoms with Crippen molar-refractivity contribution in [3.8, 4) is 5.75 Å². The molecule has 1 unspecified atom stereocenters. The van der Waals surface area contributed by atoms with E-state index in [0.717, 1.165) is 39.9 Å². The number of methoxy groups -OCH3 is 1. The highest BCUT2D eigenvalue weighted by molar-refractivity contribution is 7.99. The van der Waals surface area contributed by atoms with Gasteiger partial charge in [-0.1, -0.05) is 19.1 Å². The molecule has 0 bridgehead atoms. The largest absolute Gasteiger partial charge is 0.497 e. The number of rotatable bonds is 5. The molecule has 1 atom stereocenters. The molecule has 0 amide bonds. The first-order valence-corrected chi connectivity index (χ1v) is 11.2. The molecule has 0 N–H and O–H groups in total. The fourth-order valence-electron chi connectivity index (χ4n) is 3.68. The summed E-state index contributed by atoms with van der Waals surface area (Å²) in [5.74, 6) is 2.15. The molecule has 1 aliphatic rings. The number of thiophene rings is 1. The van der Waals surface area contributed by atoms with Crippen LogP contribution in [0, 0.1) is 5.92 Å². The third kappa shape index (κ3) is 3.74. The van der Waals surface area contributed by atoms with Gasteiger partial charge in [-0.05, 0) is 60.2 Å². The van der Waals surface area contributed by atoms with Crippen LogP contribution in [0.4, 0.5) is 0 Å². The van der Waals surface area contributed by atoms with Crippen molar-refractivity contribution >= 4 is 33.3 Å². The lowest BCUT2D eigenvalue weighted by Gasteiger charge is -2.17. The molecule has 29 heavy (non-hydrogen) atoms. The monoisotopic (exact) mass is 424 g/mol. The van der Waals surface area contributed by atoms with Crippen molar-refractivity contribution in [1.29, 1.82) is 0 Å².